The molecular weight excluding hydrogens is 410 g/mol. The van der Waals surface area contributed by atoms with Gasteiger partial charge in [0.15, 0.2) is 0 Å². The molecule has 164 valence electrons. The van der Waals surface area contributed by atoms with Crippen LogP contribution in [0.2, 0.25) is 0 Å². The SMILES string of the molecule is C=CCOc1ccc(C=C2C(=O)N(c3ccc(C(=O)OC)cc3)C(C)=C2C(=O)OC)cc1. The smallest absolute Gasteiger partial charge is 0.340 e. The number of anilines is 1. The summed E-state index contributed by atoms with van der Waals surface area (Å²) >= 11 is 0. The van der Waals surface area contributed by atoms with Crippen LogP contribution in [-0.2, 0) is 19.1 Å². The van der Waals surface area contributed by atoms with Crippen molar-refractivity contribution in [3.05, 3.63) is 89.2 Å². The monoisotopic (exact) mass is 433 g/mol. The predicted molar refractivity (Wildman–Crippen MR) is 120 cm³/mol. The van der Waals surface area contributed by atoms with Gasteiger partial charge in [0.25, 0.3) is 5.91 Å². The summed E-state index contributed by atoms with van der Waals surface area (Å²) in [5.41, 5.74) is 2.42. The molecule has 0 saturated heterocycles. The molecule has 0 N–H and O–H groups in total. The summed E-state index contributed by atoms with van der Waals surface area (Å²) < 4.78 is 15.1. The molecule has 2 aromatic carbocycles. The summed E-state index contributed by atoms with van der Waals surface area (Å²) in [5, 5.41) is 0. The molecule has 3 rings (SSSR count). The molecule has 1 heterocycles. The van der Waals surface area contributed by atoms with Crippen LogP contribution in [0, 0.1) is 0 Å². The van der Waals surface area contributed by atoms with E-state index in [1.54, 1.807) is 67.6 Å². The van der Waals surface area contributed by atoms with Crippen molar-refractivity contribution in [3.63, 3.8) is 0 Å². The van der Waals surface area contributed by atoms with Gasteiger partial charge in [0, 0.05) is 11.4 Å². The van der Waals surface area contributed by atoms with E-state index in [1.165, 1.54) is 19.1 Å². The van der Waals surface area contributed by atoms with E-state index in [1.807, 2.05) is 0 Å². The van der Waals surface area contributed by atoms with Crippen molar-refractivity contribution in [1.82, 2.24) is 0 Å². The molecule has 0 saturated carbocycles. The number of amides is 1. The van der Waals surface area contributed by atoms with Gasteiger partial charge in [0.05, 0.1) is 30.9 Å². The van der Waals surface area contributed by atoms with E-state index in [4.69, 9.17) is 14.2 Å². The van der Waals surface area contributed by atoms with Gasteiger partial charge in [-0.25, -0.2) is 9.59 Å². The summed E-state index contributed by atoms with van der Waals surface area (Å²) in [6, 6.07) is 13.5. The summed E-state index contributed by atoms with van der Waals surface area (Å²) in [4.78, 5) is 38.9. The predicted octanol–water partition coefficient (Wildman–Crippen LogP) is 3.92. The van der Waals surface area contributed by atoms with Gasteiger partial charge in [0.2, 0.25) is 0 Å². The van der Waals surface area contributed by atoms with E-state index in [0.29, 0.717) is 29.3 Å². The zero-order chi connectivity index (χ0) is 23.3. The molecule has 1 aliphatic heterocycles. The number of methoxy groups -OCH3 is 2. The highest BCUT2D eigenvalue weighted by atomic mass is 16.5. The Kier molecular flexibility index (Phi) is 6.90. The normalized spacial score (nSPS) is 14.5. The first-order chi connectivity index (χ1) is 15.4. The fraction of sp³-hybridized carbons (Fsp3) is 0.160. The Hall–Kier alpha value is -4.13. The Balaban J connectivity index is 1.99. The second kappa shape index (κ2) is 9.78. The van der Waals surface area contributed by atoms with Crippen LogP contribution in [0.3, 0.4) is 0 Å². The second-order valence-electron chi connectivity index (χ2n) is 6.86. The lowest BCUT2D eigenvalue weighted by atomic mass is 10.0. The zero-order valence-electron chi connectivity index (χ0n) is 18.1. The number of nitrogens with zero attached hydrogens (tertiary/aromatic N) is 1. The molecule has 1 amide bonds. The van der Waals surface area contributed by atoms with E-state index in [9.17, 15) is 14.4 Å². The van der Waals surface area contributed by atoms with Gasteiger partial charge in [-0.2, -0.15) is 0 Å². The van der Waals surface area contributed by atoms with Gasteiger partial charge in [-0.05, 0) is 55.0 Å². The molecule has 32 heavy (non-hydrogen) atoms. The van der Waals surface area contributed by atoms with Gasteiger partial charge < -0.3 is 14.2 Å². The zero-order valence-corrected chi connectivity index (χ0v) is 18.1. The van der Waals surface area contributed by atoms with Crippen molar-refractivity contribution >= 4 is 29.6 Å². The van der Waals surface area contributed by atoms with E-state index in [0.717, 1.165) is 5.56 Å². The van der Waals surface area contributed by atoms with Crippen molar-refractivity contribution in [2.45, 2.75) is 6.92 Å². The summed E-state index contributed by atoms with van der Waals surface area (Å²) in [6.45, 7) is 5.67. The molecule has 0 aliphatic carbocycles. The topological polar surface area (TPSA) is 82.1 Å². The highest BCUT2D eigenvalue weighted by Crippen LogP contribution is 2.35. The van der Waals surface area contributed by atoms with Crippen molar-refractivity contribution < 1.29 is 28.6 Å². The van der Waals surface area contributed by atoms with Crippen LogP contribution in [0.1, 0.15) is 22.8 Å². The largest absolute Gasteiger partial charge is 0.490 e. The minimum absolute atomic E-state index is 0.182. The number of carbonyl (C=O) groups excluding carboxylic acids is 3. The van der Waals surface area contributed by atoms with E-state index < -0.39 is 11.9 Å². The fourth-order valence-corrected chi connectivity index (χ4v) is 3.34. The first-order valence-electron chi connectivity index (χ1n) is 9.79. The Morgan fingerprint density at radius 3 is 2.16 bits per heavy atom. The molecule has 0 unspecified atom stereocenters. The number of benzene rings is 2. The number of esters is 2. The molecule has 0 fully saturated rings. The highest BCUT2D eigenvalue weighted by molar-refractivity contribution is 6.23. The quantitative estimate of drug-likeness (QED) is 0.374. The molecule has 0 bridgehead atoms. The molecule has 0 atom stereocenters. The third-order valence-corrected chi connectivity index (χ3v) is 4.90. The number of hydrogen-bond acceptors (Lipinski definition) is 6. The summed E-state index contributed by atoms with van der Waals surface area (Å²) in [7, 11) is 2.56. The van der Waals surface area contributed by atoms with Crippen LogP contribution >= 0.6 is 0 Å². The van der Waals surface area contributed by atoms with Crippen molar-refractivity contribution in [3.8, 4) is 5.75 Å². The molecule has 1 aliphatic rings. The Labute approximate surface area is 186 Å². The molecule has 0 spiro atoms. The second-order valence-corrected chi connectivity index (χ2v) is 6.86. The Morgan fingerprint density at radius 1 is 0.969 bits per heavy atom. The Bertz CT molecular complexity index is 1110. The molecule has 7 heteroatoms. The lowest BCUT2D eigenvalue weighted by Crippen LogP contribution is -2.24. The maximum absolute atomic E-state index is 13.3. The van der Waals surface area contributed by atoms with E-state index in [-0.39, 0.29) is 17.1 Å². The van der Waals surface area contributed by atoms with Crippen LogP contribution in [-0.4, -0.2) is 38.7 Å². The van der Waals surface area contributed by atoms with Crippen LogP contribution in [0.5, 0.6) is 5.75 Å². The van der Waals surface area contributed by atoms with Crippen molar-refractivity contribution in [1.29, 1.82) is 0 Å². The minimum atomic E-state index is -0.610. The number of carbonyl (C=O) groups is 3. The number of ether oxygens (including phenoxy) is 3. The molecule has 0 radical (unpaired) electrons. The van der Waals surface area contributed by atoms with Gasteiger partial charge >= 0.3 is 11.9 Å². The fourth-order valence-electron chi connectivity index (χ4n) is 3.34. The standard InChI is InChI=1S/C25H23NO6/c1-5-14-32-20-12-6-17(7-13-20)15-21-22(25(29)31-4)16(2)26(23(21)27)19-10-8-18(9-11-19)24(28)30-3/h5-13,15H,1,14H2,2-4H3. The van der Waals surface area contributed by atoms with Crippen LogP contribution in [0.4, 0.5) is 5.69 Å². The van der Waals surface area contributed by atoms with Crippen LogP contribution in [0.25, 0.3) is 6.08 Å². The van der Waals surface area contributed by atoms with Gasteiger partial charge in [-0.15, -0.1) is 0 Å². The summed E-state index contributed by atoms with van der Waals surface area (Å²) in [6.07, 6.45) is 3.29. The maximum Gasteiger partial charge on any atom is 0.340 e. The van der Waals surface area contributed by atoms with Gasteiger partial charge in [-0.1, -0.05) is 24.8 Å². The average Bonchev–Trinajstić information content (AvgIpc) is 3.06. The number of allylic oxidation sites excluding steroid dienone is 1. The Morgan fingerprint density at radius 2 is 1.59 bits per heavy atom. The summed E-state index contributed by atoms with van der Waals surface area (Å²) in [5.74, 6) is -0.799. The molecule has 7 nitrogen and oxygen atoms in total. The minimum Gasteiger partial charge on any atom is -0.490 e. The van der Waals surface area contributed by atoms with Crippen molar-refractivity contribution in [2.75, 3.05) is 25.7 Å². The van der Waals surface area contributed by atoms with Crippen LogP contribution < -0.4 is 9.64 Å². The number of rotatable bonds is 7. The lowest BCUT2D eigenvalue weighted by Gasteiger charge is -2.18. The third kappa shape index (κ3) is 4.46. The van der Waals surface area contributed by atoms with E-state index in [2.05, 4.69) is 6.58 Å². The third-order valence-electron chi connectivity index (χ3n) is 4.90. The van der Waals surface area contributed by atoms with E-state index >= 15 is 0 Å². The molecular formula is C25H23NO6. The maximum atomic E-state index is 13.3. The molecule has 2 aromatic rings. The lowest BCUT2D eigenvalue weighted by molar-refractivity contribution is -0.136. The average molecular weight is 433 g/mol. The first kappa shape index (κ1) is 22.6. The van der Waals surface area contributed by atoms with Crippen LogP contribution in [0.15, 0.2) is 78.0 Å². The van der Waals surface area contributed by atoms with Gasteiger partial charge in [-0.3, -0.25) is 9.69 Å². The molecule has 0 aromatic heterocycles. The van der Waals surface area contributed by atoms with Crippen molar-refractivity contribution in [2.24, 2.45) is 0 Å². The van der Waals surface area contributed by atoms with Gasteiger partial charge in [0.1, 0.15) is 12.4 Å². The first-order valence-corrected chi connectivity index (χ1v) is 9.79. The highest BCUT2D eigenvalue weighted by Gasteiger charge is 2.37. The number of hydrogen-bond donors (Lipinski definition) is 0.